The number of benzene rings is 2. The van der Waals surface area contributed by atoms with Crippen LogP contribution in [0.15, 0.2) is 57.7 Å². The van der Waals surface area contributed by atoms with Gasteiger partial charge in [-0.2, -0.15) is 0 Å². The second-order valence-electron chi connectivity index (χ2n) is 11.5. The summed E-state index contributed by atoms with van der Waals surface area (Å²) >= 11 is 0. The van der Waals surface area contributed by atoms with Gasteiger partial charge in [0.1, 0.15) is 11.6 Å². The zero-order valence-corrected chi connectivity index (χ0v) is 24.9. The number of anilines is 1. The van der Waals surface area contributed by atoms with Crippen LogP contribution in [0.5, 0.6) is 0 Å². The summed E-state index contributed by atoms with van der Waals surface area (Å²) in [5.41, 5.74) is 2.73. The molecule has 2 aliphatic heterocycles. The minimum atomic E-state index is -0.811. The standard InChI is InChI=1S/C33H38N4O6/c1-21(34-32(41)30-19-28(39)27-18-25(35(3)22(2)38)11-12-29(27)43-30)33(42)36-16-13-23(14-17-36)26-9-5-4-8-24(26)20-37-15-7-6-10-31(37)40/h4-5,8-9,11-12,18-19,21,23H,6-7,10,13-17,20H2,1-3H3,(H,34,41). The molecule has 2 aliphatic rings. The summed E-state index contributed by atoms with van der Waals surface area (Å²) in [5.74, 6) is -0.718. The Balaban J connectivity index is 1.20. The minimum absolute atomic E-state index is 0.182. The van der Waals surface area contributed by atoms with Crippen molar-refractivity contribution in [2.24, 2.45) is 0 Å². The van der Waals surface area contributed by atoms with Gasteiger partial charge in [0.25, 0.3) is 5.91 Å². The first-order valence-electron chi connectivity index (χ1n) is 14.9. The van der Waals surface area contributed by atoms with Crippen LogP contribution in [0.4, 0.5) is 5.69 Å². The molecular formula is C33H38N4O6. The van der Waals surface area contributed by atoms with Gasteiger partial charge in [-0.1, -0.05) is 24.3 Å². The van der Waals surface area contributed by atoms with Crippen LogP contribution >= 0.6 is 0 Å². The van der Waals surface area contributed by atoms with E-state index in [1.807, 2.05) is 17.0 Å². The fourth-order valence-corrected chi connectivity index (χ4v) is 5.97. The molecule has 3 aromatic rings. The summed E-state index contributed by atoms with van der Waals surface area (Å²) in [6.07, 6.45) is 4.19. The summed E-state index contributed by atoms with van der Waals surface area (Å²) in [4.78, 5) is 68.2. The van der Waals surface area contributed by atoms with Gasteiger partial charge in [-0.25, -0.2) is 0 Å². The fraction of sp³-hybridized carbons (Fsp3) is 0.424. The number of carbonyl (C=O) groups is 4. The zero-order valence-electron chi connectivity index (χ0n) is 24.9. The minimum Gasteiger partial charge on any atom is -0.451 e. The van der Waals surface area contributed by atoms with E-state index >= 15 is 0 Å². The highest BCUT2D eigenvalue weighted by atomic mass is 16.3. The average Bonchev–Trinajstić information content (AvgIpc) is 3.01. The molecule has 226 valence electrons. The second-order valence-corrected chi connectivity index (χ2v) is 11.5. The Morgan fingerprint density at radius 3 is 2.49 bits per heavy atom. The first kappa shape index (κ1) is 30.0. The normalized spacial score (nSPS) is 16.7. The summed E-state index contributed by atoms with van der Waals surface area (Å²) in [5, 5.41) is 2.93. The molecule has 0 saturated carbocycles. The van der Waals surface area contributed by atoms with Crippen molar-refractivity contribution in [1.82, 2.24) is 15.1 Å². The highest BCUT2D eigenvalue weighted by Crippen LogP contribution is 2.32. The third-order valence-electron chi connectivity index (χ3n) is 8.60. The molecular weight excluding hydrogens is 548 g/mol. The van der Waals surface area contributed by atoms with E-state index in [1.165, 1.54) is 23.0 Å². The van der Waals surface area contributed by atoms with Crippen LogP contribution in [0.25, 0.3) is 11.0 Å². The summed E-state index contributed by atoms with van der Waals surface area (Å²) < 4.78 is 5.70. The lowest BCUT2D eigenvalue weighted by Gasteiger charge is -2.35. The molecule has 3 heterocycles. The maximum Gasteiger partial charge on any atom is 0.287 e. The molecule has 1 unspecified atom stereocenters. The highest BCUT2D eigenvalue weighted by molar-refractivity contribution is 5.97. The SMILES string of the molecule is CC(=O)N(C)c1ccc2oc(C(=O)NC(C)C(=O)N3CCC(c4ccccc4CN4CCCCC4=O)CC3)cc(=O)c2c1. The third-order valence-corrected chi connectivity index (χ3v) is 8.60. The van der Waals surface area contributed by atoms with Gasteiger partial charge in [-0.3, -0.25) is 24.0 Å². The maximum atomic E-state index is 13.3. The Morgan fingerprint density at radius 2 is 1.77 bits per heavy atom. The molecule has 1 N–H and O–H groups in total. The van der Waals surface area contributed by atoms with Crippen molar-refractivity contribution < 1.29 is 23.6 Å². The monoisotopic (exact) mass is 586 g/mol. The van der Waals surface area contributed by atoms with Gasteiger partial charge in [0.2, 0.25) is 17.7 Å². The van der Waals surface area contributed by atoms with E-state index in [-0.39, 0.29) is 40.4 Å². The van der Waals surface area contributed by atoms with Gasteiger partial charge in [0.05, 0.1) is 5.39 Å². The number of rotatable bonds is 7. The molecule has 2 aromatic carbocycles. The molecule has 5 rings (SSSR count). The van der Waals surface area contributed by atoms with E-state index in [1.54, 1.807) is 37.1 Å². The predicted octanol–water partition coefficient (Wildman–Crippen LogP) is 3.81. The molecule has 0 bridgehead atoms. The van der Waals surface area contributed by atoms with Crippen LogP contribution in [0.1, 0.15) is 73.6 Å². The molecule has 0 spiro atoms. The lowest BCUT2D eigenvalue weighted by Crippen LogP contribution is -2.49. The number of piperidine rings is 2. The largest absolute Gasteiger partial charge is 0.451 e. The smallest absolute Gasteiger partial charge is 0.287 e. The Morgan fingerprint density at radius 1 is 1.02 bits per heavy atom. The Hall–Kier alpha value is -4.47. The number of nitrogens with one attached hydrogen (secondary N) is 1. The number of amides is 4. The van der Waals surface area contributed by atoms with Crippen LogP contribution < -0.4 is 15.6 Å². The van der Waals surface area contributed by atoms with E-state index in [2.05, 4.69) is 17.4 Å². The molecule has 10 nitrogen and oxygen atoms in total. The van der Waals surface area contributed by atoms with Gasteiger partial charge in [-0.15, -0.1) is 0 Å². The zero-order chi connectivity index (χ0) is 30.7. The van der Waals surface area contributed by atoms with Crippen LogP contribution in [0.3, 0.4) is 0 Å². The van der Waals surface area contributed by atoms with E-state index in [4.69, 9.17) is 4.42 Å². The number of hydrogen-bond acceptors (Lipinski definition) is 6. The molecule has 0 radical (unpaired) electrons. The Bertz CT molecular complexity index is 1610. The molecule has 2 fully saturated rings. The molecule has 1 atom stereocenters. The van der Waals surface area contributed by atoms with E-state index < -0.39 is 17.4 Å². The van der Waals surface area contributed by atoms with E-state index in [9.17, 15) is 24.0 Å². The summed E-state index contributed by atoms with van der Waals surface area (Å²) in [7, 11) is 1.60. The summed E-state index contributed by atoms with van der Waals surface area (Å²) in [6, 6.07) is 13.3. The van der Waals surface area contributed by atoms with E-state index in [0.717, 1.165) is 38.3 Å². The van der Waals surface area contributed by atoms with Crippen molar-refractivity contribution in [3.05, 3.63) is 75.6 Å². The van der Waals surface area contributed by atoms with Gasteiger partial charge in [-0.05, 0) is 67.9 Å². The van der Waals surface area contributed by atoms with Crippen LogP contribution in [-0.4, -0.2) is 66.2 Å². The predicted molar refractivity (Wildman–Crippen MR) is 163 cm³/mol. The van der Waals surface area contributed by atoms with Crippen molar-refractivity contribution in [2.75, 3.05) is 31.6 Å². The van der Waals surface area contributed by atoms with Gasteiger partial charge >= 0.3 is 0 Å². The first-order valence-corrected chi connectivity index (χ1v) is 14.9. The fourth-order valence-electron chi connectivity index (χ4n) is 5.97. The Labute approximate surface area is 250 Å². The second kappa shape index (κ2) is 12.8. The van der Waals surface area contributed by atoms with Crippen molar-refractivity contribution >= 4 is 40.3 Å². The maximum absolute atomic E-state index is 13.3. The quantitative estimate of drug-likeness (QED) is 0.450. The number of likely N-dealkylation sites (tertiary alicyclic amines) is 2. The van der Waals surface area contributed by atoms with Gasteiger partial charge in [0, 0.05) is 58.3 Å². The van der Waals surface area contributed by atoms with Crippen molar-refractivity contribution in [3.8, 4) is 0 Å². The Kier molecular flexibility index (Phi) is 8.94. The van der Waals surface area contributed by atoms with Crippen molar-refractivity contribution in [1.29, 1.82) is 0 Å². The number of nitrogens with zero attached hydrogens (tertiary/aromatic N) is 3. The number of carbonyl (C=O) groups excluding carboxylic acids is 4. The van der Waals surface area contributed by atoms with Crippen molar-refractivity contribution in [3.63, 3.8) is 0 Å². The van der Waals surface area contributed by atoms with E-state index in [0.29, 0.717) is 31.7 Å². The molecule has 2 saturated heterocycles. The lowest BCUT2D eigenvalue weighted by molar-refractivity contribution is -0.134. The molecule has 4 amide bonds. The van der Waals surface area contributed by atoms with Crippen molar-refractivity contribution in [2.45, 2.75) is 64.5 Å². The average molecular weight is 587 g/mol. The number of fused-ring (bicyclic) bond motifs is 1. The van der Waals surface area contributed by atoms with Gasteiger partial charge in [0.15, 0.2) is 11.2 Å². The topological polar surface area (TPSA) is 120 Å². The first-order chi connectivity index (χ1) is 20.6. The van der Waals surface area contributed by atoms with Crippen LogP contribution in [0, 0.1) is 0 Å². The molecule has 43 heavy (non-hydrogen) atoms. The van der Waals surface area contributed by atoms with Crippen LogP contribution in [-0.2, 0) is 20.9 Å². The van der Waals surface area contributed by atoms with Gasteiger partial charge < -0.3 is 24.4 Å². The van der Waals surface area contributed by atoms with Crippen LogP contribution in [0.2, 0.25) is 0 Å². The molecule has 10 heteroatoms. The number of hydrogen-bond donors (Lipinski definition) is 1. The molecule has 0 aliphatic carbocycles. The molecule has 1 aromatic heterocycles. The third kappa shape index (κ3) is 6.63. The summed E-state index contributed by atoms with van der Waals surface area (Å²) in [6.45, 7) is 5.59. The highest BCUT2D eigenvalue weighted by Gasteiger charge is 2.30. The lowest BCUT2D eigenvalue weighted by atomic mass is 9.86.